The summed E-state index contributed by atoms with van der Waals surface area (Å²) in [6.07, 6.45) is 0.558. The van der Waals surface area contributed by atoms with Crippen molar-refractivity contribution in [1.82, 2.24) is 4.90 Å². The van der Waals surface area contributed by atoms with Gasteiger partial charge >= 0.3 is 0 Å². The number of hydrogen-bond acceptors (Lipinski definition) is 3. The van der Waals surface area contributed by atoms with Crippen molar-refractivity contribution in [2.24, 2.45) is 0 Å². The second kappa shape index (κ2) is 9.13. The van der Waals surface area contributed by atoms with Crippen molar-refractivity contribution >= 4 is 0 Å². The molecule has 2 atom stereocenters. The van der Waals surface area contributed by atoms with Gasteiger partial charge in [-0.05, 0) is 44.9 Å². The van der Waals surface area contributed by atoms with Crippen LogP contribution in [0.3, 0.4) is 0 Å². The fourth-order valence-corrected chi connectivity index (χ4v) is 2.16. The summed E-state index contributed by atoms with van der Waals surface area (Å²) in [6, 6.07) is 6.95. The van der Waals surface area contributed by atoms with Crippen LogP contribution in [0.4, 0.5) is 4.39 Å². The van der Waals surface area contributed by atoms with E-state index in [0.717, 1.165) is 12.0 Å². The van der Waals surface area contributed by atoms with Gasteiger partial charge in [-0.15, -0.1) is 0 Å². The quantitative estimate of drug-likeness (QED) is 0.759. The third-order valence-corrected chi connectivity index (χ3v) is 3.56. The van der Waals surface area contributed by atoms with Crippen molar-refractivity contribution < 1.29 is 14.2 Å². The SMILES string of the molecule is CC[C@@H](C)N(Cc1cccc(F)c1)C[C@H](O)COC(C)C. The van der Waals surface area contributed by atoms with Crippen LogP contribution in [0.2, 0.25) is 0 Å². The van der Waals surface area contributed by atoms with Crippen LogP contribution >= 0.6 is 0 Å². The van der Waals surface area contributed by atoms with Crippen LogP contribution in [0.25, 0.3) is 0 Å². The first-order valence-electron chi connectivity index (χ1n) is 7.70. The summed E-state index contributed by atoms with van der Waals surface area (Å²) in [7, 11) is 0. The van der Waals surface area contributed by atoms with Crippen molar-refractivity contribution in [1.29, 1.82) is 0 Å². The van der Waals surface area contributed by atoms with Crippen molar-refractivity contribution in [2.45, 2.75) is 58.9 Å². The molecule has 0 heterocycles. The molecule has 0 amide bonds. The molecule has 0 saturated carbocycles. The fraction of sp³-hybridized carbons (Fsp3) is 0.647. The van der Waals surface area contributed by atoms with Crippen LogP contribution in [-0.2, 0) is 11.3 Å². The number of aliphatic hydroxyl groups excluding tert-OH is 1. The maximum atomic E-state index is 13.3. The molecule has 0 unspecified atom stereocenters. The number of aliphatic hydroxyl groups is 1. The van der Waals surface area contributed by atoms with E-state index in [1.54, 1.807) is 12.1 Å². The van der Waals surface area contributed by atoms with Gasteiger partial charge in [-0.25, -0.2) is 4.39 Å². The lowest BCUT2D eigenvalue weighted by Crippen LogP contribution is -2.40. The van der Waals surface area contributed by atoms with Gasteiger partial charge in [0.15, 0.2) is 0 Å². The lowest BCUT2D eigenvalue weighted by molar-refractivity contribution is -0.0149. The van der Waals surface area contributed by atoms with E-state index in [9.17, 15) is 9.50 Å². The third-order valence-electron chi connectivity index (χ3n) is 3.56. The Morgan fingerprint density at radius 1 is 1.29 bits per heavy atom. The lowest BCUT2D eigenvalue weighted by atomic mass is 10.1. The molecule has 1 N–H and O–H groups in total. The molecular weight excluding hydrogens is 269 g/mol. The molecule has 1 aromatic carbocycles. The molecule has 4 heteroatoms. The van der Waals surface area contributed by atoms with Crippen LogP contribution in [-0.4, -0.2) is 41.4 Å². The Balaban J connectivity index is 2.63. The zero-order chi connectivity index (χ0) is 15.8. The molecule has 0 fully saturated rings. The summed E-state index contributed by atoms with van der Waals surface area (Å²) < 4.78 is 18.7. The van der Waals surface area contributed by atoms with Crippen LogP contribution in [0.5, 0.6) is 0 Å². The van der Waals surface area contributed by atoms with Gasteiger partial charge in [0.05, 0.1) is 18.8 Å². The molecule has 1 aromatic rings. The Bertz CT molecular complexity index is 412. The first-order chi connectivity index (χ1) is 9.92. The summed E-state index contributed by atoms with van der Waals surface area (Å²) in [4.78, 5) is 2.17. The van der Waals surface area contributed by atoms with Gasteiger partial charge in [0, 0.05) is 19.1 Å². The van der Waals surface area contributed by atoms with E-state index in [2.05, 4.69) is 18.7 Å². The van der Waals surface area contributed by atoms with E-state index in [4.69, 9.17) is 4.74 Å². The van der Waals surface area contributed by atoms with E-state index in [-0.39, 0.29) is 11.9 Å². The first kappa shape index (κ1) is 18.1. The normalized spacial score (nSPS) is 14.7. The van der Waals surface area contributed by atoms with E-state index in [1.807, 2.05) is 19.9 Å². The molecule has 0 saturated heterocycles. The minimum Gasteiger partial charge on any atom is -0.389 e. The van der Waals surface area contributed by atoms with Gasteiger partial charge in [0.2, 0.25) is 0 Å². The molecule has 0 aliphatic heterocycles. The maximum Gasteiger partial charge on any atom is 0.123 e. The molecule has 21 heavy (non-hydrogen) atoms. The van der Waals surface area contributed by atoms with E-state index < -0.39 is 6.10 Å². The predicted molar refractivity (Wildman–Crippen MR) is 83.7 cm³/mol. The van der Waals surface area contributed by atoms with E-state index >= 15 is 0 Å². The summed E-state index contributed by atoms with van der Waals surface area (Å²) in [5.41, 5.74) is 0.923. The largest absolute Gasteiger partial charge is 0.389 e. The summed E-state index contributed by atoms with van der Waals surface area (Å²) in [5, 5.41) is 10.1. The number of halogens is 1. The summed E-state index contributed by atoms with van der Waals surface area (Å²) in [6.45, 7) is 9.62. The van der Waals surface area contributed by atoms with Crippen molar-refractivity contribution in [2.75, 3.05) is 13.2 Å². The van der Waals surface area contributed by atoms with Gasteiger partial charge in [0.1, 0.15) is 5.82 Å². The average Bonchev–Trinajstić information content (AvgIpc) is 2.43. The zero-order valence-electron chi connectivity index (χ0n) is 13.6. The highest BCUT2D eigenvalue weighted by Gasteiger charge is 2.17. The molecule has 120 valence electrons. The third kappa shape index (κ3) is 7.02. The minimum absolute atomic E-state index is 0.111. The Hall–Kier alpha value is -0.970. The molecule has 0 aromatic heterocycles. The Morgan fingerprint density at radius 2 is 2.00 bits per heavy atom. The van der Waals surface area contributed by atoms with Gasteiger partial charge in [-0.1, -0.05) is 19.1 Å². The average molecular weight is 297 g/mol. The van der Waals surface area contributed by atoms with E-state index in [0.29, 0.717) is 25.7 Å². The number of benzene rings is 1. The van der Waals surface area contributed by atoms with Crippen LogP contribution in [0.15, 0.2) is 24.3 Å². The zero-order valence-corrected chi connectivity index (χ0v) is 13.6. The van der Waals surface area contributed by atoms with Crippen LogP contribution in [0.1, 0.15) is 39.7 Å². The number of hydrogen-bond donors (Lipinski definition) is 1. The molecule has 0 spiro atoms. The molecular formula is C17H28FNO2. The molecule has 0 radical (unpaired) electrons. The summed E-state index contributed by atoms with van der Waals surface area (Å²) >= 11 is 0. The second-order valence-electron chi connectivity index (χ2n) is 5.85. The number of ether oxygens (including phenoxy) is 1. The minimum atomic E-state index is -0.532. The fourth-order valence-electron chi connectivity index (χ4n) is 2.16. The van der Waals surface area contributed by atoms with Gasteiger partial charge in [-0.3, -0.25) is 4.90 Å². The van der Waals surface area contributed by atoms with Crippen molar-refractivity contribution in [3.63, 3.8) is 0 Å². The smallest absolute Gasteiger partial charge is 0.123 e. The molecule has 3 nitrogen and oxygen atoms in total. The highest BCUT2D eigenvalue weighted by atomic mass is 19.1. The Morgan fingerprint density at radius 3 is 2.57 bits per heavy atom. The molecule has 0 aliphatic carbocycles. The predicted octanol–water partition coefficient (Wildman–Crippen LogP) is 3.21. The molecule has 0 bridgehead atoms. The summed E-state index contributed by atoms with van der Waals surface area (Å²) in [5.74, 6) is -0.222. The Kier molecular flexibility index (Phi) is 7.86. The first-order valence-corrected chi connectivity index (χ1v) is 7.70. The van der Waals surface area contributed by atoms with Gasteiger partial charge in [0.25, 0.3) is 0 Å². The standard InChI is InChI=1S/C17H28FNO2/c1-5-14(4)19(11-17(20)12-21-13(2)3)10-15-7-6-8-16(18)9-15/h6-9,13-14,17,20H,5,10-12H2,1-4H3/t14-,17+/m1/s1. The Labute approximate surface area is 127 Å². The highest BCUT2D eigenvalue weighted by molar-refractivity contribution is 5.16. The lowest BCUT2D eigenvalue weighted by Gasteiger charge is -2.30. The number of nitrogens with zero attached hydrogens (tertiary/aromatic N) is 1. The van der Waals surface area contributed by atoms with Crippen molar-refractivity contribution in [3.05, 3.63) is 35.6 Å². The topological polar surface area (TPSA) is 32.7 Å². The van der Waals surface area contributed by atoms with Gasteiger partial charge < -0.3 is 9.84 Å². The van der Waals surface area contributed by atoms with Crippen LogP contribution in [0, 0.1) is 5.82 Å². The van der Waals surface area contributed by atoms with E-state index in [1.165, 1.54) is 6.07 Å². The second-order valence-corrected chi connectivity index (χ2v) is 5.85. The maximum absolute atomic E-state index is 13.3. The highest BCUT2D eigenvalue weighted by Crippen LogP contribution is 2.13. The van der Waals surface area contributed by atoms with Crippen LogP contribution < -0.4 is 0 Å². The van der Waals surface area contributed by atoms with Gasteiger partial charge in [-0.2, -0.15) is 0 Å². The monoisotopic (exact) mass is 297 g/mol. The van der Waals surface area contributed by atoms with Crippen molar-refractivity contribution in [3.8, 4) is 0 Å². The molecule has 1 rings (SSSR count). The molecule has 0 aliphatic rings. The number of rotatable bonds is 9.